The maximum Gasteiger partial charge on any atom is 0.256 e. The van der Waals surface area contributed by atoms with E-state index in [9.17, 15) is 9.59 Å². The number of likely N-dealkylation sites (tertiary alicyclic amines) is 1. The highest BCUT2D eigenvalue weighted by Crippen LogP contribution is 2.31. The number of rotatable bonds is 6. The lowest BCUT2D eigenvalue weighted by atomic mass is 9.89. The minimum Gasteiger partial charge on any atom is -0.371 e. The Bertz CT molecular complexity index is 949. The molecule has 2 aliphatic rings. The van der Waals surface area contributed by atoms with Crippen LogP contribution >= 0.6 is 11.6 Å². The quantitative estimate of drug-likeness (QED) is 0.594. The van der Waals surface area contributed by atoms with Gasteiger partial charge in [0, 0.05) is 37.6 Å². The van der Waals surface area contributed by atoms with Gasteiger partial charge in [0.25, 0.3) is 5.91 Å². The number of amides is 2. The maximum atomic E-state index is 13.5. The molecular formula is C27H34ClN3O2. The van der Waals surface area contributed by atoms with Gasteiger partial charge in [-0.15, -0.1) is 11.6 Å². The van der Waals surface area contributed by atoms with Crippen molar-refractivity contribution in [2.75, 3.05) is 42.3 Å². The Morgan fingerprint density at radius 3 is 2.33 bits per heavy atom. The predicted molar refractivity (Wildman–Crippen MR) is 135 cm³/mol. The molecular weight excluding hydrogens is 434 g/mol. The van der Waals surface area contributed by atoms with E-state index in [1.165, 1.54) is 5.56 Å². The molecule has 4 rings (SSSR count). The Labute approximate surface area is 202 Å². The van der Waals surface area contributed by atoms with Gasteiger partial charge in [0.2, 0.25) is 5.91 Å². The van der Waals surface area contributed by atoms with Crippen LogP contribution in [0.15, 0.2) is 48.5 Å². The van der Waals surface area contributed by atoms with Crippen LogP contribution in [-0.4, -0.2) is 48.8 Å². The zero-order valence-electron chi connectivity index (χ0n) is 19.4. The number of halogens is 1. The van der Waals surface area contributed by atoms with Gasteiger partial charge < -0.3 is 15.1 Å². The molecule has 0 aromatic heterocycles. The van der Waals surface area contributed by atoms with Crippen molar-refractivity contribution >= 4 is 34.8 Å². The first-order valence-corrected chi connectivity index (χ1v) is 12.6. The van der Waals surface area contributed by atoms with Gasteiger partial charge in [-0.3, -0.25) is 9.59 Å². The van der Waals surface area contributed by atoms with Crippen molar-refractivity contribution in [2.45, 2.75) is 39.0 Å². The van der Waals surface area contributed by atoms with Gasteiger partial charge in [-0.25, -0.2) is 0 Å². The molecule has 0 unspecified atom stereocenters. The molecule has 2 fully saturated rings. The molecule has 0 bridgehead atoms. The van der Waals surface area contributed by atoms with Crippen LogP contribution in [0.3, 0.4) is 0 Å². The van der Waals surface area contributed by atoms with Crippen molar-refractivity contribution in [1.29, 1.82) is 0 Å². The summed E-state index contributed by atoms with van der Waals surface area (Å²) < 4.78 is 0. The second-order valence-corrected chi connectivity index (χ2v) is 9.78. The molecule has 2 aliphatic heterocycles. The summed E-state index contributed by atoms with van der Waals surface area (Å²) in [5.41, 5.74) is 3.67. The number of nitrogens with zero attached hydrogens (tertiary/aromatic N) is 2. The molecule has 2 saturated heterocycles. The molecule has 0 radical (unpaired) electrons. The minimum atomic E-state index is -0.267. The van der Waals surface area contributed by atoms with E-state index in [0.29, 0.717) is 23.1 Å². The molecule has 0 aliphatic carbocycles. The Morgan fingerprint density at radius 1 is 0.970 bits per heavy atom. The molecule has 0 atom stereocenters. The monoisotopic (exact) mass is 467 g/mol. The molecule has 0 spiro atoms. The van der Waals surface area contributed by atoms with Gasteiger partial charge in [0.15, 0.2) is 0 Å². The van der Waals surface area contributed by atoms with Crippen LogP contribution in [0.2, 0.25) is 0 Å². The number of carbonyl (C=O) groups excluding carboxylic acids is 2. The Hall–Kier alpha value is -2.53. The van der Waals surface area contributed by atoms with E-state index in [-0.39, 0.29) is 17.7 Å². The first kappa shape index (κ1) is 23.6. The van der Waals surface area contributed by atoms with Gasteiger partial charge in [-0.2, -0.15) is 0 Å². The molecule has 2 amide bonds. The lowest BCUT2D eigenvalue weighted by Gasteiger charge is -2.36. The topological polar surface area (TPSA) is 52.7 Å². The molecule has 1 N–H and O–H groups in total. The van der Waals surface area contributed by atoms with Crippen LogP contribution in [0.1, 0.15) is 48.5 Å². The first-order chi connectivity index (χ1) is 16.0. The second-order valence-electron chi connectivity index (χ2n) is 9.51. The summed E-state index contributed by atoms with van der Waals surface area (Å²) in [5, 5.41) is 2.80. The number of alkyl halides is 1. The lowest BCUT2D eigenvalue weighted by Crippen LogP contribution is -2.40. The molecule has 176 valence electrons. The van der Waals surface area contributed by atoms with E-state index < -0.39 is 0 Å². The van der Waals surface area contributed by atoms with Crippen molar-refractivity contribution in [3.63, 3.8) is 0 Å². The number of hydrogen-bond donors (Lipinski definition) is 1. The fraction of sp³-hybridized carbons (Fsp3) is 0.481. The number of carbonyl (C=O) groups is 2. The van der Waals surface area contributed by atoms with E-state index in [0.717, 1.165) is 64.0 Å². The summed E-state index contributed by atoms with van der Waals surface area (Å²) >= 11 is 5.67. The van der Waals surface area contributed by atoms with Crippen molar-refractivity contribution in [3.05, 3.63) is 59.7 Å². The highest BCUT2D eigenvalue weighted by Gasteiger charge is 2.27. The first-order valence-electron chi connectivity index (χ1n) is 12.1. The fourth-order valence-corrected chi connectivity index (χ4v) is 5.03. The highest BCUT2D eigenvalue weighted by atomic mass is 35.5. The van der Waals surface area contributed by atoms with Crippen LogP contribution in [-0.2, 0) is 11.2 Å². The predicted octanol–water partition coefficient (Wildman–Crippen LogP) is 5.20. The van der Waals surface area contributed by atoms with Crippen molar-refractivity contribution in [2.24, 2.45) is 11.8 Å². The maximum absolute atomic E-state index is 13.5. The van der Waals surface area contributed by atoms with E-state index in [2.05, 4.69) is 47.5 Å². The normalized spacial score (nSPS) is 17.8. The molecule has 33 heavy (non-hydrogen) atoms. The molecule has 6 heteroatoms. The average molecular weight is 468 g/mol. The molecule has 2 aromatic rings. The smallest absolute Gasteiger partial charge is 0.256 e. The van der Waals surface area contributed by atoms with Crippen LogP contribution in [0, 0.1) is 11.8 Å². The standard InChI is InChI=1S/C27H34ClN3O2/c1-20-9-13-31(14-10-20)27(33)24-18-23(29-26(32)19-28)7-8-25(24)30-15-11-22(12-16-30)17-21-5-3-2-4-6-21/h2-8,18,20,22H,9-17,19H2,1H3,(H,29,32). The van der Waals surface area contributed by atoms with Gasteiger partial charge in [0.1, 0.15) is 5.88 Å². The third kappa shape index (κ3) is 6.08. The number of nitrogens with one attached hydrogen (secondary N) is 1. The van der Waals surface area contributed by atoms with E-state index in [1.54, 1.807) is 0 Å². The van der Waals surface area contributed by atoms with Gasteiger partial charge in [0.05, 0.1) is 5.56 Å². The van der Waals surface area contributed by atoms with Crippen LogP contribution in [0.4, 0.5) is 11.4 Å². The summed E-state index contributed by atoms with van der Waals surface area (Å²) in [6.07, 6.45) is 5.39. The third-order valence-electron chi connectivity index (χ3n) is 7.03. The molecule has 2 heterocycles. The second kappa shape index (κ2) is 11.1. The van der Waals surface area contributed by atoms with Crippen molar-refractivity contribution in [1.82, 2.24) is 4.90 Å². The van der Waals surface area contributed by atoms with Crippen LogP contribution in [0.5, 0.6) is 0 Å². The summed E-state index contributed by atoms with van der Waals surface area (Å²) in [7, 11) is 0. The minimum absolute atomic E-state index is 0.0604. The Balaban J connectivity index is 1.50. The summed E-state index contributed by atoms with van der Waals surface area (Å²) in [4.78, 5) is 29.7. The zero-order valence-corrected chi connectivity index (χ0v) is 20.2. The van der Waals surface area contributed by atoms with E-state index >= 15 is 0 Å². The SMILES string of the molecule is CC1CCN(C(=O)c2cc(NC(=O)CCl)ccc2N2CCC(Cc3ccccc3)CC2)CC1. The Morgan fingerprint density at radius 2 is 1.67 bits per heavy atom. The summed E-state index contributed by atoms with van der Waals surface area (Å²) in [6, 6.07) is 16.4. The number of benzene rings is 2. The molecule has 0 saturated carbocycles. The summed E-state index contributed by atoms with van der Waals surface area (Å²) in [5.74, 6) is 1.01. The zero-order chi connectivity index (χ0) is 23.2. The number of piperidine rings is 2. The van der Waals surface area contributed by atoms with E-state index in [4.69, 9.17) is 11.6 Å². The highest BCUT2D eigenvalue weighted by molar-refractivity contribution is 6.29. The third-order valence-corrected chi connectivity index (χ3v) is 7.27. The largest absolute Gasteiger partial charge is 0.371 e. The average Bonchev–Trinajstić information content (AvgIpc) is 2.85. The van der Waals surface area contributed by atoms with Gasteiger partial charge in [-0.1, -0.05) is 37.3 Å². The fourth-order valence-electron chi connectivity index (χ4n) is 4.96. The number of hydrogen-bond acceptors (Lipinski definition) is 3. The lowest BCUT2D eigenvalue weighted by molar-refractivity contribution is -0.113. The molecule has 5 nitrogen and oxygen atoms in total. The van der Waals surface area contributed by atoms with Crippen molar-refractivity contribution < 1.29 is 9.59 Å². The van der Waals surface area contributed by atoms with Gasteiger partial charge in [-0.05, 0) is 67.7 Å². The molecule has 2 aromatic carbocycles. The van der Waals surface area contributed by atoms with Gasteiger partial charge >= 0.3 is 0 Å². The summed E-state index contributed by atoms with van der Waals surface area (Å²) in [6.45, 7) is 5.69. The Kier molecular flexibility index (Phi) is 7.92. The van der Waals surface area contributed by atoms with Crippen LogP contribution < -0.4 is 10.2 Å². The number of anilines is 2. The van der Waals surface area contributed by atoms with Crippen LogP contribution in [0.25, 0.3) is 0 Å². The van der Waals surface area contributed by atoms with E-state index in [1.807, 2.05) is 23.1 Å². The van der Waals surface area contributed by atoms with Crippen molar-refractivity contribution in [3.8, 4) is 0 Å².